The molecule has 2 rings (SSSR count). The molecule has 1 unspecified atom stereocenters. The highest BCUT2D eigenvalue weighted by Gasteiger charge is 2.41. The third-order valence-corrected chi connectivity index (χ3v) is 4.06. The Morgan fingerprint density at radius 3 is 2.28 bits per heavy atom. The molecule has 1 saturated carbocycles. The second-order valence-corrected chi connectivity index (χ2v) is 6.65. The van der Waals surface area contributed by atoms with E-state index in [1.54, 1.807) is 0 Å². The van der Waals surface area contributed by atoms with Crippen LogP contribution >= 0.6 is 0 Å². The Balaban J connectivity index is 1.77. The van der Waals surface area contributed by atoms with Crippen LogP contribution in [0, 0.1) is 11.8 Å². The van der Waals surface area contributed by atoms with Gasteiger partial charge in [0.05, 0.1) is 0 Å². The Hall–Kier alpha value is -0.770. The minimum Gasteiger partial charge on any atom is -0.444 e. The van der Waals surface area contributed by atoms with E-state index in [1.807, 2.05) is 32.7 Å². The average molecular weight is 254 g/mol. The predicted molar refractivity (Wildman–Crippen MR) is 71.5 cm³/mol. The zero-order valence-electron chi connectivity index (χ0n) is 12.0. The van der Waals surface area contributed by atoms with Crippen molar-refractivity contribution in [2.24, 2.45) is 11.8 Å². The van der Waals surface area contributed by atoms with Crippen molar-refractivity contribution in [2.75, 3.05) is 20.1 Å². The Labute approximate surface area is 110 Å². The minimum absolute atomic E-state index is 0.165. The van der Waals surface area contributed by atoms with Gasteiger partial charge in [0.1, 0.15) is 5.60 Å². The summed E-state index contributed by atoms with van der Waals surface area (Å²) in [6.07, 6.45) is 3.89. The Morgan fingerprint density at radius 2 is 1.89 bits per heavy atom. The molecule has 18 heavy (non-hydrogen) atoms. The van der Waals surface area contributed by atoms with Crippen molar-refractivity contribution in [3.8, 4) is 0 Å². The van der Waals surface area contributed by atoms with Gasteiger partial charge < -0.3 is 15.0 Å². The fourth-order valence-corrected chi connectivity index (χ4v) is 2.87. The van der Waals surface area contributed by atoms with Crippen LogP contribution in [0.25, 0.3) is 0 Å². The highest BCUT2D eigenvalue weighted by atomic mass is 16.6. The maximum Gasteiger partial charge on any atom is 0.410 e. The number of ether oxygens (including phenoxy) is 1. The number of hydrogen-bond acceptors (Lipinski definition) is 3. The molecule has 1 N–H and O–H groups in total. The summed E-state index contributed by atoms with van der Waals surface area (Å²) in [5.41, 5.74) is -0.390. The van der Waals surface area contributed by atoms with Crippen LogP contribution in [-0.2, 0) is 4.74 Å². The maximum atomic E-state index is 11.8. The van der Waals surface area contributed by atoms with E-state index in [9.17, 15) is 4.79 Å². The van der Waals surface area contributed by atoms with Crippen molar-refractivity contribution in [3.63, 3.8) is 0 Å². The summed E-state index contributed by atoms with van der Waals surface area (Å²) in [5.74, 6) is 1.42. The van der Waals surface area contributed by atoms with Crippen LogP contribution in [0.1, 0.15) is 40.0 Å². The minimum atomic E-state index is -0.390. The first-order valence-electron chi connectivity index (χ1n) is 7.06. The lowest BCUT2D eigenvalue weighted by atomic mass is 9.73. The summed E-state index contributed by atoms with van der Waals surface area (Å²) in [6, 6.07) is 0.581. The van der Waals surface area contributed by atoms with E-state index in [0.29, 0.717) is 12.0 Å². The van der Waals surface area contributed by atoms with E-state index < -0.39 is 5.60 Å². The first kappa shape index (κ1) is 13.7. The first-order chi connectivity index (χ1) is 8.40. The molecule has 1 heterocycles. The highest BCUT2D eigenvalue weighted by Crippen LogP contribution is 2.35. The lowest BCUT2D eigenvalue weighted by Crippen LogP contribution is -2.60. The molecule has 104 valence electrons. The van der Waals surface area contributed by atoms with E-state index >= 15 is 0 Å². The summed E-state index contributed by atoms with van der Waals surface area (Å²) in [4.78, 5) is 13.7. The molecule has 0 aromatic rings. The molecule has 0 aromatic carbocycles. The van der Waals surface area contributed by atoms with Gasteiger partial charge in [-0.2, -0.15) is 0 Å². The second kappa shape index (κ2) is 5.08. The summed E-state index contributed by atoms with van der Waals surface area (Å²) in [7, 11) is 2.04. The second-order valence-electron chi connectivity index (χ2n) is 6.65. The van der Waals surface area contributed by atoms with Gasteiger partial charge in [0.25, 0.3) is 0 Å². The monoisotopic (exact) mass is 254 g/mol. The number of nitrogens with zero attached hydrogens (tertiary/aromatic N) is 1. The van der Waals surface area contributed by atoms with Gasteiger partial charge in [0.2, 0.25) is 0 Å². The predicted octanol–water partition coefficient (Wildman–Crippen LogP) is 2.24. The average Bonchev–Trinajstić information content (AvgIpc) is 2.07. The van der Waals surface area contributed by atoms with Crippen LogP contribution < -0.4 is 5.32 Å². The molecular formula is C14H26N2O2. The molecule has 2 aliphatic rings. The Morgan fingerprint density at radius 1 is 1.28 bits per heavy atom. The van der Waals surface area contributed by atoms with Gasteiger partial charge in [-0.15, -0.1) is 0 Å². The van der Waals surface area contributed by atoms with E-state index in [1.165, 1.54) is 19.3 Å². The van der Waals surface area contributed by atoms with Gasteiger partial charge in [0, 0.05) is 25.0 Å². The summed E-state index contributed by atoms with van der Waals surface area (Å²) in [5, 5.41) is 3.43. The highest BCUT2D eigenvalue weighted by molar-refractivity contribution is 5.69. The molecule has 0 radical (unpaired) electrons. The van der Waals surface area contributed by atoms with Crippen molar-refractivity contribution in [1.29, 1.82) is 0 Å². The van der Waals surface area contributed by atoms with Gasteiger partial charge in [-0.25, -0.2) is 4.79 Å². The van der Waals surface area contributed by atoms with Crippen LogP contribution in [-0.4, -0.2) is 42.8 Å². The zero-order chi connectivity index (χ0) is 13.3. The number of likely N-dealkylation sites (tertiary alicyclic amines) is 1. The van der Waals surface area contributed by atoms with Crippen LogP contribution in [0.3, 0.4) is 0 Å². The van der Waals surface area contributed by atoms with Crippen molar-refractivity contribution >= 4 is 6.09 Å². The molecule has 1 aliphatic heterocycles. The molecule has 4 nitrogen and oxygen atoms in total. The molecular weight excluding hydrogens is 228 g/mol. The summed E-state index contributed by atoms with van der Waals surface area (Å²) < 4.78 is 5.37. The molecule has 0 spiro atoms. The lowest BCUT2D eigenvalue weighted by molar-refractivity contribution is -0.0142. The molecule has 1 saturated heterocycles. The largest absolute Gasteiger partial charge is 0.444 e. The molecule has 0 bridgehead atoms. The number of amides is 1. The summed E-state index contributed by atoms with van der Waals surface area (Å²) in [6.45, 7) is 7.42. The molecule has 0 aromatic heterocycles. The van der Waals surface area contributed by atoms with Crippen molar-refractivity contribution in [3.05, 3.63) is 0 Å². The third-order valence-electron chi connectivity index (χ3n) is 4.06. The number of carbonyl (C=O) groups excluding carboxylic acids is 1. The van der Waals surface area contributed by atoms with Gasteiger partial charge in [-0.05, 0) is 46.6 Å². The van der Waals surface area contributed by atoms with Crippen LogP contribution in [0.5, 0.6) is 0 Å². The molecule has 2 fully saturated rings. The number of nitrogens with one attached hydrogen (secondary N) is 1. The quantitative estimate of drug-likeness (QED) is 0.840. The maximum absolute atomic E-state index is 11.8. The van der Waals surface area contributed by atoms with Crippen LogP contribution in [0.4, 0.5) is 4.79 Å². The molecule has 1 amide bonds. The van der Waals surface area contributed by atoms with Gasteiger partial charge >= 0.3 is 6.09 Å². The standard InChI is InChI=1S/C14H26N2O2/c1-14(2,3)18-13(17)16-8-11(9-16)12(15-4)10-6-5-7-10/h10-12,15H,5-9H2,1-4H3. The molecule has 1 aliphatic carbocycles. The van der Waals surface area contributed by atoms with E-state index in [-0.39, 0.29) is 6.09 Å². The number of hydrogen-bond donors (Lipinski definition) is 1. The SMILES string of the molecule is CNC(C1CCC1)C1CN(C(=O)OC(C)(C)C)C1. The Kier molecular flexibility index (Phi) is 3.85. The fourth-order valence-electron chi connectivity index (χ4n) is 2.87. The normalized spacial score (nSPS) is 23.2. The molecule has 1 atom stereocenters. The smallest absolute Gasteiger partial charge is 0.410 e. The molecule has 4 heteroatoms. The zero-order valence-corrected chi connectivity index (χ0v) is 12.0. The topological polar surface area (TPSA) is 41.6 Å². The van der Waals surface area contributed by atoms with Crippen molar-refractivity contribution in [1.82, 2.24) is 10.2 Å². The fraction of sp³-hybridized carbons (Fsp3) is 0.929. The van der Waals surface area contributed by atoms with E-state index in [0.717, 1.165) is 19.0 Å². The van der Waals surface area contributed by atoms with Gasteiger partial charge in [0.15, 0.2) is 0 Å². The van der Waals surface area contributed by atoms with Crippen molar-refractivity contribution < 1.29 is 9.53 Å². The van der Waals surface area contributed by atoms with Gasteiger partial charge in [-0.1, -0.05) is 6.42 Å². The number of carbonyl (C=O) groups is 1. The van der Waals surface area contributed by atoms with Crippen molar-refractivity contribution in [2.45, 2.75) is 51.7 Å². The van der Waals surface area contributed by atoms with E-state index in [2.05, 4.69) is 5.32 Å². The summed E-state index contributed by atoms with van der Waals surface area (Å²) >= 11 is 0. The lowest BCUT2D eigenvalue weighted by Gasteiger charge is -2.47. The van der Waals surface area contributed by atoms with Crippen LogP contribution in [0.2, 0.25) is 0 Å². The third kappa shape index (κ3) is 2.97. The van der Waals surface area contributed by atoms with Gasteiger partial charge in [-0.3, -0.25) is 0 Å². The van der Waals surface area contributed by atoms with E-state index in [4.69, 9.17) is 4.74 Å². The Bertz CT molecular complexity index is 301. The first-order valence-corrected chi connectivity index (χ1v) is 7.06. The van der Waals surface area contributed by atoms with Crippen LogP contribution in [0.15, 0.2) is 0 Å². The number of rotatable bonds is 3.